The van der Waals surface area contributed by atoms with E-state index < -0.39 is 0 Å². The summed E-state index contributed by atoms with van der Waals surface area (Å²) in [6.45, 7) is 5.30. The fourth-order valence-corrected chi connectivity index (χ4v) is 3.15. The van der Waals surface area contributed by atoms with Gasteiger partial charge >= 0.3 is 0 Å². The lowest BCUT2D eigenvalue weighted by Crippen LogP contribution is -2.15. The molecule has 3 nitrogen and oxygen atoms in total. The Labute approximate surface area is 108 Å². The van der Waals surface area contributed by atoms with Crippen LogP contribution in [0.4, 0.5) is 0 Å². The fraction of sp³-hybridized carbons (Fsp3) is 0.533. The molecule has 1 aromatic carbocycles. The second-order valence-electron chi connectivity index (χ2n) is 5.48. The van der Waals surface area contributed by atoms with Gasteiger partial charge in [0.2, 0.25) is 0 Å². The van der Waals surface area contributed by atoms with Crippen LogP contribution in [0.3, 0.4) is 0 Å². The summed E-state index contributed by atoms with van der Waals surface area (Å²) in [5, 5.41) is 0. The predicted molar refractivity (Wildman–Crippen MR) is 74.7 cm³/mol. The molecule has 0 saturated heterocycles. The molecule has 0 amide bonds. The van der Waals surface area contributed by atoms with Crippen molar-refractivity contribution in [1.29, 1.82) is 0 Å². The van der Waals surface area contributed by atoms with E-state index in [2.05, 4.69) is 36.6 Å². The Bertz CT molecular complexity index is 570. The lowest BCUT2D eigenvalue weighted by Gasteiger charge is -2.11. The first-order chi connectivity index (χ1) is 8.69. The standard InChI is InChI=1S/C15H21N3/c1-3-18-14-7-4-10(2)8-13(14)17-15(18)11-5-6-12(16)9-11/h4,7-8,11-12H,3,5-6,9,16H2,1-2H3/t11-,12+/m1/s1. The number of hydrogen-bond donors (Lipinski definition) is 1. The maximum absolute atomic E-state index is 6.04. The molecule has 1 aliphatic rings. The second kappa shape index (κ2) is 4.39. The summed E-state index contributed by atoms with van der Waals surface area (Å²) in [4.78, 5) is 4.87. The molecule has 2 aromatic rings. The third-order valence-electron chi connectivity index (χ3n) is 4.09. The molecular formula is C15H21N3. The van der Waals surface area contributed by atoms with E-state index in [-0.39, 0.29) is 0 Å². The molecule has 0 unspecified atom stereocenters. The maximum atomic E-state index is 6.04. The van der Waals surface area contributed by atoms with E-state index in [9.17, 15) is 0 Å². The quantitative estimate of drug-likeness (QED) is 0.881. The Hall–Kier alpha value is -1.35. The third kappa shape index (κ3) is 1.83. The molecule has 1 saturated carbocycles. The Balaban J connectivity index is 2.10. The van der Waals surface area contributed by atoms with Crippen molar-refractivity contribution in [3.8, 4) is 0 Å². The number of imidazole rings is 1. The molecule has 2 atom stereocenters. The van der Waals surface area contributed by atoms with Gasteiger partial charge in [-0.1, -0.05) is 6.07 Å². The number of aryl methyl sites for hydroxylation is 2. The van der Waals surface area contributed by atoms with Gasteiger partial charge in [0.25, 0.3) is 0 Å². The van der Waals surface area contributed by atoms with Crippen molar-refractivity contribution < 1.29 is 0 Å². The van der Waals surface area contributed by atoms with Crippen LogP contribution in [0, 0.1) is 6.92 Å². The van der Waals surface area contributed by atoms with E-state index in [1.807, 2.05) is 0 Å². The second-order valence-corrected chi connectivity index (χ2v) is 5.48. The van der Waals surface area contributed by atoms with Crippen LogP contribution in [0.1, 0.15) is 43.5 Å². The number of nitrogens with zero attached hydrogens (tertiary/aromatic N) is 2. The minimum Gasteiger partial charge on any atom is -0.328 e. The lowest BCUT2D eigenvalue weighted by molar-refractivity contribution is 0.598. The van der Waals surface area contributed by atoms with Crippen LogP contribution in [0.5, 0.6) is 0 Å². The first-order valence-electron chi connectivity index (χ1n) is 6.91. The van der Waals surface area contributed by atoms with E-state index in [1.54, 1.807) is 0 Å². The molecule has 0 spiro atoms. The molecule has 2 N–H and O–H groups in total. The van der Waals surface area contributed by atoms with Gasteiger partial charge in [0.05, 0.1) is 11.0 Å². The Morgan fingerprint density at radius 3 is 2.89 bits per heavy atom. The highest BCUT2D eigenvalue weighted by atomic mass is 15.1. The minimum absolute atomic E-state index is 0.363. The first-order valence-corrected chi connectivity index (χ1v) is 6.91. The van der Waals surface area contributed by atoms with Gasteiger partial charge in [0, 0.05) is 18.5 Å². The van der Waals surface area contributed by atoms with Crippen molar-refractivity contribution in [2.75, 3.05) is 0 Å². The van der Waals surface area contributed by atoms with E-state index in [1.165, 1.54) is 23.3 Å². The van der Waals surface area contributed by atoms with Gasteiger partial charge in [-0.2, -0.15) is 0 Å². The Morgan fingerprint density at radius 2 is 2.22 bits per heavy atom. The van der Waals surface area contributed by atoms with Crippen LogP contribution in [-0.2, 0) is 6.54 Å². The minimum atomic E-state index is 0.363. The number of rotatable bonds is 2. The summed E-state index contributed by atoms with van der Waals surface area (Å²) in [6, 6.07) is 6.90. The molecule has 1 aromatic heterocycles. The Morgan fingerprint density at radius 1 is 1.39 bits per heavy atom. The monoisotopic (exact) mass is 243 g/mol. The zero-order chi connectivity index (χ0) is 12.7. The van der Waals surface area contributed by atoms with Gasteiger partial charge in [0.1, 0.15) is 5.82 Å². The fourth-order valence-electron chi connectivity index (χ4n) is 3.15. The average Bonchev–Trinajstić information content (AvgIpc) is 2.91. The molecule has 18 heavy (non-hydrogen) atoms. The number of aromatic nitrogens is 2. The highest BCUT2D eigenvalue weighted by Gasteiger charge is 2.27. The zero-order valence-corrected chi connectivity index (χ0v) is 11.2. The van der Waals surface area contributed by atoms with Crippen LogP contribution < -0.4 is 5.73 Å². The molecular weight excluding hydrogens is 222 g/mol. The van der Waals surface area contributed by atoms with Gasteiger partial charge in [-0.3, -0.25) is 0 Å². The van der Waals surface area contributed by atoms with Crippen molar-refractivity contribution >= 4 is 11.0 Å². The first kappa shape index (κ1) is 11.7. The van der Waals surface area contributed by atoms with Gasteiger partial charge < -0.3 is 10.3 Å². The third-order valence-corrected chi connectivity index (χ3v) is 4.09. The van der Waals surface area contributed by atoms with E-state index >= 15 is 0 Å². The molecule has 0 radical (unpaired) electrons. The normalized spacial score (nSPS) is 23.9. The predicted octanol–water partition coefficient (Wildman–Crippen LogP) is 2.96. The van der Waals surface area contributed by atoms with Crippen LogP contribution in [0.2, 0.25) is 0 Å². The van der Waals surface area contributed by atoms with Crippen LogP contribution in [0.15, 0.2) is 18.2 Å². The zero-order valence-electron chi connectivity index (χ0n) is 11.2. The summed E-state index contributed by atoms with van der Waals surface area (Å²) in [6.07, 6.45) is 3.41. The van der Waals surface area contributed by atoms with Crippen molar-refractivity contribution in [2.24, 2.45) is 5.73 Å². The van der Waals surface area contributed by atoms with Gasteiger partial charge in [-0.25, -0.2) is 4.98 Å². The highest BCUT2D eigenvalue weighted by Crippen LogP contribution is 2.34. The van der Waals surface area contributed by atoms with Gasteiger partial charge in [0.15, 0.2) is 0 Å². The van der Waals surface area contributed by atoms with Crippen molar-refractivity contribution in [2.45, 2.75) is 51.6 Å². The average molecular weight is 243 g/mol. The summed E-state index contributed by atoms with van der Waals surface area (Å²) >= 11 is 0. The summed E-state index contributed by atoms with van der Waals surface area (Å²) in [5.74, 6) is 1.79. The van der Waals surface area contributed by atoms with Gasteiger partial charge in [-0.05, 0) is 50.8 Å². The lowest BCUT2D eigenvalue weighted by atomic mass is 10.1. The number of benzene rings is 1. The molecule has 96 valence electrons. The number of fused-ring (bicyclic) bond motifs is 1. The molecule has 1 aliphatic carbocycles. The summed E-state index contributed by atoms with van der Waals surface area (Å²) in [5.41, 5.74) is 9.71. The molecule has 0 aliphatic heterocycles. The van der Waals surface area contributed by atoms with E-state index in [4.69, 9.17) is 10.7 Å². The van der Waals surface area contributed by atoms with Crippen LogP contribution >= 0.6 is 0 Å². The molecule has 0 bridgehead atoms. The van der Waals surface area contributed by atoms with E-state index in [0.717, 1.165) is 24.9 Å². The number of hydrogen-bond acceptors (Lipinski definition) is 2. The molecule has 3 heteroatoms. The molecule has 1 heterocycles. The largest absolute Gasteiger partial charge is 0.328 e. The topological polar surface area (TPSA) is 43.8 Å². The van der Waals surface area contributed by atoms with Crippen molar-refractivity contribution in [1.82, 2.24) is 9.55 Å². The summed E-state index contributed by atoms with van der Waals surface area (Å²) in [7, 11) is 0. The highest BCUT2D eigenvalue weighted by molar-refractivity contribution is 5.77. The van der Waals surface area contributed by atoms with Crippen molar-refractivity contribution in [3.63, 3.8) is 0 Å². The van der Waals surface area contributed by atoms with Gasteiger partial charge in [-0.15, -0.1) is 0 Å². The Kier molecular flexibility index (Phi) is 2.86. The maximum Gasteiger partial charge on any atom is 0.113 e. The van der Waals surface area contributed by atoms with E-state index in [0.29, 0.717) is 12.0 Å². The molecule has 3 rings (SSSR count). The SMILES string of the molecule is CCn1c([C@@H]2CC[C@H](N)C2)nc2cc(C)ccc21. The molecule has 1 fully saturated rings. The van der Waals surface area contributed by atoms with Crippen molar-refractivity contribution in [3.05, 3.63) is 29.6 Å². The van der Waals surface area contributed by atoms with Crippen LogP contribution in [0.25, 0.3) is 11.0 Å². The number of nitrogens with two attached hydrogens (primary N) is 1. The smallest absolute Gasteiger partial charge is 0.113 e. The summed E-state index contributed by atoms with van der Waals surface area (Å²) < 4.78 is 2.36. The van der Waals surface area contributed by atoms with Crippen LogP contribution in [-0.4, -0.2) is 15.6 Å².